The highest BCUT2D eigenvalue weighted by Gasteiger charge is 2.27. The molecule has 0 fully saturated rings. The average molecular weight is 659 g/mol. The van der Waals surface area contributed by atoms with Crippen LogP contribution in [0.25, 0.3) is 52.0 Å². The molecule has 1 aliphatic rings. The zero-order valence-electron chi connectivity index (χ0n) is 27.7. The molecule has 6 aromatic carbocycles. The van der Waals surface area contributed by atoms with Gasteiger partial charge in [0, 0.05) is 22.4 Å². The normalized spacial score (nSPS) is 13.6. The highest BCUT2D eigenvalue weighted by molar-refractivity contribution is 6.96. The number of hydrogen-bond donors (Lipinski definition) is 0. The smallest absolute Gasteiger partial charge is 0.164 e. The van der Waals surface area contributed by atoms with Gasteiger partial charge in [0.05, 0.1) is 5.70 Å². The van der Waals surface area contributed by atoms with E-state index in [4.69, 9.17) is 19.9 Å². The van der Waals surface area contributed by atoms with Crippen molar-refractivity contribution in [3.05, 3.63) is 187 Å². The summed E-state index contributed by atoms with van der Waals surface area (Å²) in [5.74, 6) is 1.97. The van der Waals surface area contributed by atoms with E-state index in [-0.39, 0.29) is 0 Å². The Labute approximate surface area is 294 Å². The van der Waals surface area contributed by atoms with E-state index in [0.29, 0.717) is 17.5 Å². The molecular formula is C45H34N4Si. The first-order chi connectivity index (χ1) is 24.6. The average Bonchev–Trinajstić information content (AvgIpc) is 3.35. The number of benzene rings is 6. The third-order valence-corrected chi connectivity index (χ3v) is 12.5. The molecule has 0 radical (unpaired) electrons. The van der Waals surface area contributed by atoms with Crippen LogP contribution in [0.2, 0.25) is 0 Å². The van der Waals surface area contributed by atoms with E-state index in [1.54, 1.807) is 0 Å². The van der Waals surface area contributed by atoms with Gasteiger partial charge in [-0.3, -0.25) is 4.99 Å². The Bertz CT molecular complexity index is 2330. The third-order valence-electron chi connectivity index (χ3n) is 9.16. The number of aliphatic imine (C=N–C) groups is 1. The van der Waals surface area contributed by atoms with Gasteiger partial charge >= 0.3 is 0 Å². The largest absolute Gasteiger partial charge is 0.253 e. The molecule has 0 spiro atoms. The maximum absolute atomic E-state index is 5.05. The van der Waals surface area contributed by atoms with Gasteiger partial charge in [0.25, 0.3) is 0 Å². The lowest BCUT2D eigenvalue weighted by Gasteiger charge is -2.21. The second-order valence-electron chi connectivity index (χ2n) is 12.4. The predicted molar refractivity (Wildman–Crippen MR) is 212 cm³/mol. The SMILES string of the molecule is C=C(N=C(C)c1ccc2c(c1)[SiH](c1ccccc1)c1cc(-c3nc(-c4ccccc4)nc(-c4ccccc4)n3)ccc1C=C2)c1ccccc1. The molecule has 1 aromatic heterocycles. The van der Waals surface area contributed by atoms with E-state index >= 15 is 0 Å². The quantitative estimate of drug-likeness (QED) is 0.129. The zero-order chi connectivity index (χ0) is 33.9. The van der Waals surface area contributed by atoms with Crippen molar-refractivity contribution in [2.75, 3.05) is 0 Å². The van der Waals surface area contributed by atoms with Crippen molar-refractivity contribution in [3.63, 3.8) is 0 Å². The summed E-state index contributed by atoms with van der Waals surface area (Å²) in [5, 5.41) is 4.03. The summed E-state index contributed by atoms with van der Waals surface area (Å²) in [7, 11) is -2.00. The van der Waals surface area contributed by atoms with Crippen LogP contribution in [0.1, 0.15) is 29.2 Å². The molecule has 0 N–H and O–H groups in total. The van der Waals surface area contributed by atoms with Gasteiger partial charge in [-0.2, -0.15) is 0 Å². The summed E-state index contributed by atoms with van der Waals surface area (Å²) in [4.78, 5) is 20.0. The zero-order valence-corrected chi connectivity index (χ0v) is 28.9. The van der Waals surface area contributed by atoms with Crippen LogP contribution in [0, 0.1) is 0 Å². The van der Waals surface area contributed by atoms with E-state index in [1.807, 2.05) is 91.0 Å². The van der Waals surface area contributed by atoms with Gasteiger partial charge < -0.3 is 0 Å². The van der Waals surface area contributed by atoms with Crippen LogP contribution >= 0.6 is 0 Å². The van der Waals surface area contributed by atoms with E-state index in [9.17, 15) is 0 Å². The molecule has 0 saturated heterocycles. The van der Waals surface area contributed by atoms with Crippen LogP contribution in [0.3, 0.4) is 0 Å². The Balaban J connectivity index is 1.27. The minimum atomic E-state index is -2.00. The molecule has 0 aliphatic carbocycles. The fraction of sp³-hybridized carbons (Fsp3) is 0.0222. The van der Waals surface area contributed by atoms with Gasteiger partial charge in [0.1, 0.15) is 8.80 Å². The monoisotopic (exact) mass is 658 g/mol. The van der Waals surface area contributed by atoms with Gasteiger partial charge in [-0.1, -0.05) is 182 Å². The highest BCUT2D eigenvalue weighted by Crippen LogP contribution is 2.26. The van der Waals surface area contributed by atoms with Crippen LogP contribution in [0.15, 0.2) is 169 Å². The van der Waals surface area contributed by atoms with Crippen LogP contribution in [0.5, 0.6) is 0 Å². The lowest BCUT2D eigenvalue weighted by Crippen LogP contribution is -2.53. The lowest BCUT2D eigenvalue weighted by atomic mass is 10.1. The van der Waals surface area contributed by atoms with E-state index in [2.05, 4.69) is 92.4 Å². The van der Waals surface area contributed by atoms with Gasteiger partial charge in [0.2, 0.25) is 0 Å². The molecule has 2 heterocycles. The van der Waals surface area contributed by atoms with Gasteiger partial charge in [0.15, 0.2) is 17.5 Å². The molecule has 50 heavy (non-hydrogen) atoms. The minimum Gasteiger partial charge on any atom is -0.253 e. The molecule has 5 heteroatoms. The molecule has 0 amide bonds. The van der Waals surface area contributed by atoms with Gasteiger partial charge in [-0.15, -0.1) is 0 Å². The molecule has 0 saturated carbocycles. The molecule has 1 aliphatic heterocycles. The number of rotatable bonds is 7. The van der Waals surface area contributed by atoms with E-state index in [0.717, 1.165) is 39.2 Å². The highest BCUT2D eigenvalue weighted by atomic mass is 28.3. The lowest BCUT2D eigenvalue weighted by molar-refractivity contribution is 1.07. The van der Waals surface area contributed by atoms with Crippen LogP contribution in [-0.4, -0.2) is 29.5 Å². The second-order valence-corrected chi connectivity index (χ2v) is 15.2. The number of hydrogen-bond acceptors (Lipinski definition) is 4. The van der Waals surface area contributed by atoms with Crippen molar-refractivity contribution < 1.29 is 0 Å². The Hall–Kier alpha value is -6.30. The summed E-state index contributed by atoms with van der Waals surface area (Å²) >= 11 is 0. The van der Waals surface area contributed by atoms with Gasteiger partial charge in [-0.05, 0) is 39.6 Å². The van der Waals surface area contributed by atoms with Crippen LogP contribution in [0.4, 0.5) is 0 Å². The fourth-order valence-corrected chi connectivity index (χ4v) is 9.97. The van der Waals surface area contributed by atoms with Crippen molar-refractivity contribution in [1.29, 1.82) is 0 Å². The molecule has 238 valence electrons. The molecule has 1 atom stereocenters. The molecular weight excluding hydrogens is 625 g/mol. The second kappa shape index (κ2) is 13.7. The maximum Gasteiger partial charge on any atom is 0.164 e. The first kappa shape index (κ1) is 31.0. The van der Waals surface area contributed by atoms with E-state index in [1.165, 1.54) is 26.7 Å². The maximum atomic E-state index is 5.05. The summed E-state index contributed by atoms with van der Waals surface area (Å²) < 4.78 is 0. The van der Waals surface area contributed by atoms with Crippen molar-refractivity contribution in [3.8, 4) is 34.2 Å². The van der Waals surface area contributed by atoms with Crippen molar-refractivity contribution in [1.82, 2.24) is 15.0 Å². The Morgan fingerprint density at radius 1 is 0.500 bits per heavy atom. The molecule has 0 bridgehead atoms. The molecule has 4 nitrogen and oxygen atoms in total. The van der Waals surface area contributed by atoms with Crippen molar-refractivity contribution in [2.45, 2.75) is 6.92 Å². The molecule has 8 rings (SSSR count). The standard InChI is InChI=1S/C45H34N4Si/c1-31(33-15-7-3-8-16-33)46-32(2)38-27-25-34-23-24-35-26-28-39(30-42(35)50(41(34)29-38)40-21-13-6-14-22-40)45-48-43(36-17-9-4-10-18-36)47-44(49-45)37-19-11-5-12-20-37/h3-30,50H,1H2,2H3. The Morgan fingerprint density at radius 2 is 0.980 bits per heavy atom. The number of nitrogens with zero attached hydrogens (tertiary/aromatic N) is 4. The predicted octanol–water partition coefficient (Wildman–Crippen LogP) is 8.08. The van der Waals surface area contributed by atoms with E-state index < -0.39 is 8.80 Å². The third kappa shape index (κ3) is 6.30. The summed E-state index contributed by atoms with van der Waals surface area (Å²) in [6, 6.07) is 54.8. The number of aromatic nitrogens is 3. The Kier molecular flexibility index (Phi) is 8.47. The van der Waals surface area contributed by atoms with Crippen LogP contribution in [-0.2, 0) is 0 Å². The summed E-state index contributed by atoms with van der Waals surface area (Å²) in [6.07, 6.45) is 4.51. The first-order valence-electron chi connectivity index (χ1n) is 16.8. The summed E-state index contributed by atoms with van der Waals surface area (Å²) in [5.41, 5.74) is 9.15. The molecule has 7 aromatic rings. The first-order valence-corrected chi connectivity index (χ1v) is 18.5. The summed E-state index contributed by atoms with van der Waals surface area (Å²) in [6.45, 7) is 6.34. The number of fused-ring (bicyclic) bond motifs is 2. The fourth-order valence-electron chi connectivity index (χ4n) is 6.57. The van der Waals surface area contributed by atoms with Crippen LogP contribution < -0.4 is 15.6 Å². The minimum absolute atomic E-state index is 0.656. The van der Waals surface area contributed by atoms with Gasteiger partial charge in [-0.25, -0.2) is 15.0 Å². The molecule has 1 unspecified atom stereocenters. The topological polar surface area (TPSA) is 51.0 Å². The van der Waals surface area contributed by atoms with Crippen molar-refractivity contribution >= 4 is 47.9 Å². The Morgan fingerprint density at radius 3 is 1.56 bits per heavy atom. The van der Waals surface area contributed by atoms with Crippen molar-refractivity contribution in [2.24, 2.45) is 4.99 Å².